The average Bonchev–Trinajstić information content (AvgIpc) is 2.94. The van der Waals surface area contributed by atoms with Crippen molar-refractivity contribution in [1.29, 1.82) is 0 Å². The fraction of sp³-hybridized carbons (Fsp3) is 0.643. The number of fused-ring (bicyclic) bond motifs is 2. The van der Waals surface area contributed by atoms with Crippen LogP contribution in [0.15, 0.2) is 18.3 Å². The topological polar surface area (TPSA) is 50.9 Å². The van der Waals surface area contributed by atoms with Gasteiger partial charge in [-0.1, -0.05) is 6.42 Å². The van der Waals surface area contributed by atoms with Crippen molar-refractivity contribution in [1.82, 2.24) is 4.98 Å². The lowest BCUT2D eigenvalue weighted by Gasteiger charge is -2.29. The van der Waals surface area contributed by atoms with E-state index in [2.05, 4.69) is 17.2 Å². The number of hydrogen-bond acceptors (Lipinski definition) is 3. The minimum atomic E-state index is 0.511. The number of anilines is 2. The molecule has 0 saturated heterocycles. The Kier molecular flexibility index (Phi) is 2.69. The van der Waals surface area contributed by atoms with Crippen molar-refractivity contribution >= 4 is 11.5 Å². The molecule has 2 saturated carbocycles. The van der Waals surface area contributed by atoms with Crippen LogP contribution in [0.2, 0.25) is 0 Å². The summed E-state index contributed by atoms with van der Waals surface area (Å²) in [7, 11) is 0. The van der Waals surface area contributed by atoms with E-state index < -0.39 is 0 Å². The van der Waals surface area contributed by atoms with E-state index in [1.165, 1.54) is 25.7 Å². The third-order valence-electron chi connectivity index (χ3n) is 4.66. The molecule has 4 atom stereocenters. The first-order chi connectivity index (χ1) is 8.24. The van der Waals surface area contributed by atoms with E-state index in [-0.39, 0.29) is 0 Å². The molecule has 4 unspecified atom stereocenters. The number of nitrogens with two attached hydrogens (primary N) is 1. The molecular formula is C14H21N3. The Morgan fingerprint density at radius 1 is 1.41 bits per heavy atom. The van der Waals surface area contributed by atoms with Crippen LogP contribution in [0.25, 0.3) is 0 Å². The molecule has 1 aromatic rings. The minimum Gasteiger partial charge on any atom is -0.382 e. The molecule has 3 nitrogen and oxygen atoms in total. The van der Waals surface area contributed by atoms with Crippen LogP contribution < -0.4 is 11.1 Å². The standard InChI is InChI=1S/C14H21N3/c1-9(12-8-10-4-5-11(12)7-10)17-13-3-2-6-16-14(13)15/h2-3,6,9-12,17H,4-5,7-8H2,1H3,(H2,15,16). The Balaban J connectivity index is 1.68. The molecule has 2 bridgehead atoms. The van der Waals surface area contributed by atoms with Crippen molar-refractivity contribution in [2.75, 3.05) is 11.1 Å². The largest absolute Gasteiger partial charge is 0.382 e. The lowest BCUT2D eigenvalue weighted by Crippen LogP contribution is -2.30. The van der Waals surface area contributed by atoms with E-state index in [4.69, 9.17) is 5.73 Å². The van der Waals surface area contributed by atoms with Crippen LogP contribution in [0, 0.1) is 17.8 Å². The molecule has 0 radical (unpaired) electrons. The molecule has 0 aromatic carbocycles. The summed E-state index contributed by atoms with van der Waals surface area (Å²) in [5.74, 6) is 3.39. The lowest BCUT2D eigenvalue weighted by atomic mass is 9.84. The van der Waals surface area contributed by atoms with Gasteiger partial charge < -0.3 is 11.1 Å². The van der Waals surface area contributed by atoms with Gasteiger partial charge in [-0.2, -0.15) is 0 Å². The molecule has 17 heavy (non-hydrogen) atoms. The summed E-state index contributed by atoms with van der Waals surface area (Å²) in [5.41, 5.74) is 6.86. The Morgan fingerprint density at radius 2 is 2.29 bits per heavy atom. The van der Waals surface area contributed by atoms with Crippen LogP contribution in [-0.4, -0.2) is 11.0 Å². The van der Waals surface area contributed by atoms with Crippen molar-refractivity contribution in [3.8, 4) is 0 Å². The monoisotopic (exact) mass is 231 g/mol. The van der Waals surface area contributed by atoms with Crippen molar-refractivity contribution in [3.63, 3.8) is 0 Å². The van der Waals surface area contributed by atoms with Crippen molar-refractivity contribution in [2.24, 2.45) is 17.8 Å². The summed E-state index contributed by atoms with van der Waals surface area (Å²) < 4.78 is 0. The van der Waals surface area contributed by atoms with E-state index in [1.807, 2.05) is 12.1 Å². The number of nitrogens with zero attached hydrogens (tertiary/aromatic N) is 1. The number of pyridine rings is 1. The Bertz CT molecular complexity index is 404. The van der Waals surface area contributed by atoms with Gasteiger partial charge >= 0.3 is 0 Å². The van der Waals surface area contributed by atoms with Gasteiger partial charge in [0, 0.05) is 12.2 Å². The van der Waals surface area contributed by atoms with Gasteiger partial charge in [0.1, 0.15) is 5.82 Å². The maximum absolute atomic E-state index is 5.87. The fourth-order valence-electron chi connectivity index (χ4n) is 3.80. The van der Waals surface area contributed by atoms with Gasteiger partial charge in [-0.05, 0) is 56.1 Å². The molecule has 0 spiro atoms. The van der Waals surface area contributed by atoms with Crippen LogP contribution in [-0.2, 0) is 0 Å². The van der Waals surface area contributed by atoms with E-state index in [0.717, 1.165) is 23.4 Å². The van der Waals surface area contributed by atoms with Crippen LogP contribution in [0.4, 0.5) is 11.5 Å². The van der Waals surface area contributed by atoms with Crippen LogP contribution in [0.5, 0.6) is 0 Å². The average molecular weight is 231 g/mol. The predicted octanol–water partition coefficient (Wildman–Crippen LogP) is 2.90. The van der Waals surface area contributed by atoms with Crippen molar-refractivity contribution in [2.45, 2.75) is 38.6 Å². The highest BCUT2D eigenvalue weighted by atomic mass is 15.0. The smallest absolute Gasteiger partial charge is 0.146 e. The van der Waals surface area contributed by atoms with Gasteiger partial charge in [0.2, 0.25) is 0 Å². The highest BCUT2D eigenvalue weighted by Crippen LogP contribution is 2.49. The summed E-state index contributed by atoms with van der Waals surface area (Å²) in [5, 5.41) is 3.55. The molecule has 2 aliphatic carbocycles. The van der Waals surface area contributed by atoms with Crippen molar-refractivity contribution in [3.05, 3.63) is 18.3 Å². The molecule has 1 heterocycles. The number of hydrogen-bond donors (Lipinski definition) is 2. The maximum atomic E-state index is 5.87. The Hall–Kier alpha value is -1.25. The second kappa shape index (κ2) is 4.21. The second-order valence-corrected chi connectivity index (χ2v) is 5.71. The molecule has 0 amide bonds. The van der Waals surface area contributed by atoms with Gasteiger partial charge in [-0.25, -0.2) is 4.98 Å². The third-order valence-corrected chi connectivity index (χ3v) is 4.66. The van der Waals surface area contributed by atoms with Crippen molar-refractivity contribution < 1.29 is 0 Å². The van der Waals surface area contributed by atoms with Gasteiger partial charge in [-0.15, -0.1) is 0 Å². The molecule has 3 N–H and O–H groups in total. The Morgan fingerprint density at radius 3 is 2.94 bits per heavy atom. The lowest BCUT2D eigenvalue weighted by molar-refractivity contribution is 0.304. The summed E-state index contributed by atoms with van der Waals surface area (Å²) in [6, 6.07) is 4.47. The molecule has 3 rings (SSSR count). The summed E-state index contributed by atoms with van der Waals surface area (Å²) >= 11 is 0. The molecule has 92 valence electrons. The molecule has 3 heteroatoms. The highest BCUT2D eigenvalue weighted by Gasteiger charge is 2.41. The molecule has 0 aliphatic heterocycles. The van der Waals surface area contributed by atoms with E-state index >= 15 is 0 Å². The fourth-order valence-corrected chi connectivity index (χ4v) is 3.80. The van der Waals surface area contributed by atoms with E-state index in [9.17, 15) is 0 Å². The SMILES string of the molecule is CC(Nc1cccnc1N)C1CC2CCC1C2. The summed E-state index contributed by atoms with van der Waals surface area (Å²) in [6.07, 6.45) is 7.49. The summed E-state index contributed by atoms with van der Waals surface area (Å²) in [6.45, 7) is 2.29. The summed E-state index contributed by atoms with van der Waals surface area (Å²) in [4.78, 5) is 4.12. The molecular weight excluding hydrogens is 210 g/mol. The van der Waals surface area contributed by atoms with Crippen LogP contribution >= 0.6 is 0 Å². The van der Waals surface area contributed by atoms with Gasteiger partial charge in [0.25, 0.3) is 0 Å². The van der Waals surface area contributed by atoms with Crippen LogP contribution in [0.3, 0.4) is 0 Å². The quantitative estimate of drug-likeness (QED) is 0.841. The van der Waals surface area contributed by atoms with Gasteiger partial charge in [0.05, 0.1) is 5.69 Å². The third kappa shape index (κ3) is 1.99. The van der Waals surface area contributed by atoms with Gasteiger partial charge in [-0.3, -0.25) is 0 Å². The first-order valence-corrected chi connectivity index (χ1v) is 6.71. The second-order valence-electron chi connectivity index (χ2n) is 5.71. The van der Waals surface area contributed by atoms with Gasteiger partial charge in [0.15, 0.2) is 0 Å². The number of nitrogens with one attached hydrogen (secondary N) is 1. The van der Waals surface area contributed by atoms with E-state index in [1.54, 1.807) is 6.20 Å². The first-order valence-electron chi connectivity index (χ1n) is 6.71. The zero-order valence-electron chi connectivity index (χ0n) is 10.4. The zero-order valence-corrected chi connectivity index (χ0v) is 10.4. The number of aromatic nitrogens is 1. The minimum absolute atomic E-state index is 0.511. The molecule has 2 fully saturated rings. The maximum Gasteiger partial charge on any atom is 0.146 e. The van der Waals surface area contributed by atoms with Crippen LogP contribution in [0.1, 0.15) is 32.6 Å². The molecule has 2 aliphatic rings. The number of rotatable bonds is 3. The molecule has 1 aromatic heterocycles. The van der Waals surface area contributed by atoms with E-state index in [0.29, 0.717) is 11.9 Å². The zero-order chi connectivity index (χ0) is 11.8. The normalized spacial score (nSPS) is 32.6. The predicted molar refractivity (Wildman–Crippen MR) is 70.7 cm³/mol. The number of nitrogen functional groups attached to an aromatic ring is 1. The Labute approximate surface area is 103 Å². The first kappa shape index (κ1) is 10.9. The highest BCUT2D eigenvalue weighted by molar-refractivity contribution is 5.61.